The van der Waals surface area contributed by atoms with E-state index in [2.05, 4.69) is 11.4 Å². The average molecular weight is 250 g/mol. The van der Waals surface area contributed by atoms with Crippen molar-refractivity contribution in [3.63, 3.8) is 0 Å². The lowest BCUT2D eigenvalue weighted by Crippen LogP contribution is -2.20. The lowest BCUT2D eigenvalue weighted by atomic mass is 10.1. The highest BCUT2D eigenvalue weighted by Crippen LogP contribution is 2.37. The van der Waals surface area contributed by atoms with E-state index in [1.807, 2.05) is 6.92 Å². The summed E-state index contributed by atoms with van der Waals surface area (Å²) < 4.78 is 15.7. The van der Waals surface area contributed by atoms with Crippen molar-refractivity contribution in [3.8, 4) is 23.3 Å². The molecule has 18 heavy (non-hydrogen) atoms. The van der Waals surface area contributed by atoms with Crippen LogP contribution >= 0.6 is 0 Å². The molecule has 1 unspecified atom stereocenters. The van der Waals surface area contributed by atoms with Gasteiger partial charge in [-0.25, -0.2) is 0 Å². The summed E-state index contributed by atoms with van der Waals surface area (Å²) in [5, 5.41) is 12.3. The molecule has 1 N–H and O–H groups in total. The first kappa shape index (κ1) is 14.1. The fraction of sp³-hybridized carbons (Fsp3) is 0.462. The lowest BCUT2D eigenvalue weighted by molar-refractivity contribution is 0.346. The van der Waals surface area contributed by atoms with E-state index in [-0.39, 0.29) is 0 Å². The fourth-order valence-electron chi connectivity index (χ4n) is 1.71. The Morgan fingerprint density at radius 1 is 1.11 bits per heavy atom. The van der Waals surface area contributed by atoms with Gasteiger partial charge < -0.3 is 14.2 Å². The monoisotopic (exact) mass is 250 g/mol. The number of methoxy groups -OCH3 is 3. The van der Waals surface area contributed by atoms with Crippen molar-refractivity contribution in [2.45, 2.75) is 13.0 Å². The summed E-state index contributed by atoms with van der Waals surface area (Å²) in [5.41, 5.74) is 0.736. The molecule has 1 aromatic rings. The topological polar surface area (TPSA) is 63.5 Å². The Labute approximate surface area is 107 Å². The molecule has 0 fully saturated rings. The summed E-state index contributed by atoms with van der Waals surface area (Å²) in [4.78, 5) is 0. The Morgan fingerprint density at radius 2 is 1.67 bits per heavy atom. The molecular weight excluding hydrogens is 232 g/mol. The van der Waals surface area contributed by atoms with Crippen molar-refractivity contribution in [3.05, 3.63) is 17.7 Å². The van der Waals surface area contributed by atoms with Crippen molar-refractivity contribution in [1.29, 1.82) is 5.26 Å². The summed E-state index contributed by atoms with van der Waals surface area (Å²) in [7, 11) is 4.68. The Balaban J connectivity index is 3.28. The van der Waals surface area contributed by atoms with Gasteiger partial charge in [0.05, 0.1) is 27.4 Å². The molecule has 0 saturated carbocycles. The number of ether oxygens (including phenoxy) is 3. The fourth-order valence-corrected chi connectivity index (χ4v) is 1.71. The second-order valence-corrected chi connectivity index (χ2v) is 3.57. The first-order chi connectivity index (χ1) is 8.71. The third kappa shape index (κ3) is 2.84. The van der Waals surface area contributed by atoms with E-state index in [0.717, 1.165) is 5.56 Å². The Kier molecular flexibility index (Phi) is 5.28. The van der Waals surface area contributed by atoms with Gasteiger partial charge in [-0.3, -0.25) is 5.32 Å². The van der Waals surface area contributed by atoms with Gasteiger partial charge in [-0.2, -0.15) is 5.26 Å². The third-order valence-corrected chi connectivity index (χ3v) is 2.58. The highest BCUT2D eigenvalue weighted by Gasteiger charge is 2.18. The smallest absolute Gasteiger partial charge is 0.164 e. The number of nitrogens with one attached hydrogen (secondary N) is 1. The zero-order valence-corrected chi connectivity index (χ0v) is 11.1. The molecule has 0 spiro atoms. The SMILES string of the molecule is CCNC(C#N)c1cc(OC)c(OC)cc1OC. The highest BCUT2D eigenvalue weighted by atomic mass is 16.5. The molecule has 0 radical (unpaired) electrons. The molecule has 0 bridgehead atoms. The number of hydrogen-bond acceptors (Lipinski definition) is 5. The number of nitriles is 1. The van der Waals surface area contributed by atoms with E-state index in [1.165, 1.54) is 0 Å². The predicted molar refractivity (Wildman–Crippen MR) is 68.1 cm³/mol. The summed E-state index contributed by atoms with van der Waals surface area (Å²) >= 11 is 0. The van der Waals surface area contributed by atoms with Crippen LogP contribution in [-0.2, 0) is 0 Å². The summed E-state index contributed by atoms with van der Waals surface area (Å²) in [6, 6.07) is 5.23. The van der Waals surface area contributed by atoms with E-state index < -0.39 is 6.04 Å². The molecule has 0 amide bonds. The molecule has 1 rings (SSSR count). The van der Waals surface area contributed by atoms with Crippen molar-refractivity contribution in [2.24, 2.45) is 0 Å². The third-order valence-electron chi connectivity index (χ3n) is 2.58. The zero-order chi connectivity index (χ0) is 13.5. The summed E-state index contributed by atoms with van der Waals surface area (Å²) in [5.74, 6) is 1.75. The lowest BCUT2D eigenvalue weighted by Gasteiger charge is -2.17. The second-order valence-electron chi connectivity index (χ2n) is 3.57. The van der Waals surface area contributed by atoms with Crippen LogP contribution in [0.1, 0.15) is 18.5 Å². The molecule has 5 nitrogen and oxygen atoms in total. The van der Waals surface area contributed by atoms with Crippen LogP contribution < -0.4 is 19.5 Å². The van der Waals surface area contributed by atoms with Gasteiger partial charge in [0.1, 0.15) is 11.8 Å². The number of hydrogen-bond donors (Lipinski definition) is 1. The van der Waals surface area contributed by atoms with Crippen LogP contribution in [0, 0.1) is 11.3 Å². The standard InChI is InChI=1S/C13H18N2O3/c1-5-15-10(8-14)9-6-12(17-3)13(18-4)7-11(9)16-2/h6-7,10,15H,5H2,1-4H3. The molecule has 1 aromatic carbocycles. The molecule has 0 aliphatic carbocycles. The van der Waals surface area contributed by atoms with Gasteiger partial charge in [-0.1, -0.05) is 6.92 Å². The van der Waals surface area contributed by atoms with Crippen molar-refractivity contribution < 1.29 is 14.2 Å². The molecule has 0 heterocycles. The van der Waals surface area contributed by atoms with Crippen LogP contribution in [0.4, 0.5) is 0 Å². The summed E-state index contributed by atoms with van der Waals surface area (Å²) in [6.07, 6.45) is 0. The van der Waals surface area contributed by atoms with Crippen LogP contribution in [0.15, 0.2) is 12.1 Å². The molecule has 0 aliphatic heterocycles. The van der Waals surface area contributed by atoms with Crippen LogP contribution in [0.5, 0.6) is 17.2 Å². The Hall–Kier alpha value is -1.93. The molecule has 0 aromatic heterocycles. The van der Waals surface area contributed by atoms with E-state index in [1.54, 1.807) is 33.5 Å². The molecule has 5 heteroatoms. The largest absolute Gasteiger partial charge is 0.496 e. The van der Waals surface area contributed by atoms with Crippen molar-refractivity contribution in [2.75, 3.05) is 27.9 Å². The number of benzene rings is 1. The maximum Gasteiger partial charge on any atom is 0.164 e. The second kappa shape index (κ2) is 6.72. The van der Waals surface area contributed by atoms with Gasteiger partial charge >= 0.3 is 0 Å². The summed E-state index contributed by atoms with van der Waals surface area (Å²) in [6.45, 7) is 2.63. The normalized spacial score (nSPS) is 11.5. The van der Waals surface area contributed by atoms with Crippen LogP contribution in [0.25, 0.3) is 0 Å². The van der Waals surface area contributed by atoms with Crippen molar-refractivity contribution in [1.82, 2.24) is 5.32 Å². The number of nitrogens with zero attached hydrogens (tertiary/aromatic N) is 1. The van der Waals surface area contributed by atoms with Crippen LogP contribution in [0.2, 0.25) is 0 Å². The van der Waals surface area contributed by atoms with E-state index in [0.29, 0.717) is 23.8 Å². The number of rotatable bonds is 6. The van der Waals surface area contributed by atoms with E-state index >= 15 is 0 Å². The van der Waals surface area contributed by atoms with Gasteiger partial charge in [0.15, 0.2) is 11.5 Å². The maximum atomic E-state index is 9.18. The van der Waals surface area contributed by atoms with Gasteiger partial charge in [-0.15, -0.1) is 0 Å². The van der Waals surface area contributed by atoms with Gasteiger partial charge in [0.2, 0.25) is 0 Å². The van der Waals surface area contributed by atoms with E-state index in [4.69, 9.17) is 14.2 Å². The Morgan fingerprint density at radius 3 is 2.11 bits per heavy atom. The van der Waals surface area contributed by atoms with Gasteiger partial charge in [0.25, 0.3) is 0 Å². The minimum Gasteiger partial charge on any atom is -0.496 e. The van der Waals surface area contributed by atoms with Crippen LogP contribution in [0.3, 0.4) is 0 Å². The zero-order valence-electron chi connectivity index (χ0n) is 11.1. The van der Waals surface area contributed by atoms with Crippen LogP contribution in [-0.4, -0.2) is 27.9 Å². The van der Waals surface area contributed by atoms with Crippen molar-refractivity contribution >= 4 is 0 Å². The first-order valence-electron chi connectivity index (χ1n) is 5.64. The first-order valence-corrected chi connectivity index (χ1v) is 5.64. The van der Waals surface area contributed by atoms with Gasteiger partial charge in [0, 0.05) is 11.6 Å². The Bertz CT molecular complexity index is 441. The minimum absolute atomic E-state index is 0.440. The highest BCUT2D eigenvalue weighted by molar-refractivity contribution is 5.52. The maximum absolute atomic E-state index is 9.18. The van der Waals surface area contributed by atoms with Gasteiger partial charge in [-0.05, 0) is 12.6 Å². The molecule has 1 atom stereocenters. The molecule has 0 saturated heterocycles. The molecule has 0 aliphatic rings. The van der Waals surface area contributed by atoms with E-state index in [9.17, 15) is 5.26 Å². The molecule has 98 valence electrons. The quantitative estimate of drug-likeness (QED) is 0.835. The molecular formula is C13H18N2O3. The predicted octanol–water partition coefficient (Wildman–Crippen LogP) is 1.89. The average Bonchev–Trinajstić information content (AvgIpc) is 2.43. The minimum atomic E-state index is -0.440.